The summed E-state index contributed by atoms with van der Waals surface area (Å²) >= 11 is 6.00. The molecule has 4 aromatic rings. The zero-order chi connectivity index (χ0) is 23.0. The fraction of sp³-hybridized carbons (Fsp3) is 0.345. The molecule has 180 valence electrons. The highest BCUT2D eigenvalue weighted by Gasteiger charge is 2.14. The van der Waals surface area contributed by atoms with Crippen molar-refractivity contribution in [3.05, 3.63) is 94.8 Å². The number of nitrogens with zero attached hydrogens (tertiary/aromatic N) is 2. The van der Waals surface area contributed by atoms with Gasteiger partial charge in [-0.25, -0.2) is 4.98 Å². The first-order valence-electron chi connectivity index (χ1n) is 11.7. The molecule has 0 aliphatic carbocycles. The number of imidazole rings is 1. The van der Waals surface area contributed by atoms with Crippen LogP contribution in [-0.2, 0) is 19.6 Å². The first-order chi connectivity index (χ1) is 16.1. The molecule has 3 aromatic carbocycles. The van der Waals surface area contributed by atoms with Gasteiger partial charge in [-0.2, -0.15) is 0 Å². The van der Waals surface area contributed by atoms with Crippen LogP contribution in [0.1, 0.15) is 37.7 Å². The molecule has 4 nitrogen and oxygen atoms in total. The van der Waals surface area contributed by atoms with Crippen molar-refractivity contribution >= 4 is 22.6 Å². The van der Waals surface area contributed by atoms with Crippen molar-refractivity contribution in [2.45, 2.75) is 47.3 Å². The number of para-hydroxylation sites is 1. The summed E-state index contributed by atoms with van der Waals surface area (Å²) in [5.41, 5.74) is 4.80. The SMILES string of the molecule is C.Cc1cccc2c1nc(COc1ccc(Cl)cc1)n2CCC(C)CNCCc1ccccc1. The molecule has 0 saturated carbocycles. The molecule has 0 aliphatic rings. The summed E-state index contributed by atoms with van der Waals surface area (Å²) in [7, 11) is 0. The van der Waals surface area contributed by atoms with Crippen LogP contribution in [-0.4, -0.2) is 22.6 Å². The van der Waals surface area contributed by atoms with Gasteiger partial charge in [0.25, 0.3) is 0 Å². The Morgan fingerprint density at radius 1 is 1.00 bits per heavy atom. The van der Waals surface area contributed by atoms with Gasteiger partial charge in [0.15, 0.2) is 0 Å². The van der Waals surface area contributed by atoms with Crippen LogP contribution in [0.25, 0.3) is 11.0 Å². The van der Waals surface area contributed by atoms with Crippen molar-refractivity contribution in [1.82, 2.24) is 14.9 Å². The number of rotatable bonds is 11. The monoisotopic (exact) mass is 477 g/mol. The minimum atomic E-state index is 0. The summed E-state index contributed by atoms with van der Waals surface area (Å²) < 4.78 is 8.35. The number of fused-ring (bicyclic) bond motifs is 1. The number of hydrogen-bond donors (Lipinski definition) is 1. The van der Waals surface area contributed by atoms with Gasteiger partial charge in [-0.1, -0.05) is 68.4 Å². The summed E-state index contributed by atoms with van der Waals surface area (Å²) in [6, 6.07) is 24.5. The van der Waals surface area contributed by atoms with Crippen LogP contribution in [0.3, 0.4) is 0 Å². The molecule has 4 rings (SSSR count). The summed E-state index contributed by atoms with van der Waals surface area (Å²) in [6.45, 7) is 7.78. The van der Waals surface area contributed by atoms with E-state index < -0.39 is 0 Å². The normalized spacial score (nSPS) is 11.9. The lowest BCUT2D eigenvalue weighted by molar-refractivity contribution is 0.288. The molecular weight excluding hydrogens is 442 g/mol. The molecule has 1 N–H and O–H groups in total. The third-order valence-electron chi connectivity index (χ3n) is 6.01. The van der Waals surface area contributed by atoms with E-state index in [1.165, 1.54) is 16.6 Å². The van der Waals surface area contributed by atoms with E-state index in [-0.39, 0.29) is 7.43 Å². The van der Waals surface area contributed by atoms with Crippen molar-refractivity contribution in [3.8, 4) is 5.75 Å². The number of aromatic nitrogens is 2. The van der Waals surface area contributed by atoms with Gasteiger partial charge in [0.1, 0.15) is 18.2 Å². The number of ether oxygens (including phenoxy) is 1. The van der Waals surface area contributed by atoms with Gasteiger partial charge in [-0.05, 0) is 80.2 Å². The van der Waals surface area contributed by atoms with Crippen molar-refractivity contribution in [3.63, 3.8) is 0 Å². The molecule has 0 spiro atoms. The third kappa shape index (κ3) is 6.85. The van der Waals surface area contributed by atoms with Crippen LogP contribution in [0.5, 0.6) is 5.75 Å². The number of aryl methyl sites for hydroxylation is 2. The van der Waals surface area contributed by atoms with Gasteiger partial charge in [-0.15, -0.1) is 0 Å². The molecule has 1 atom stereocenters. The van der Waals surface area contributed by atoms with E-state index in [0.717, 1.165) is 49.6 Å². The summed E-state index contributed by atoms with van der Waals surface area (Å²) in [5.74, 6) is 2.32. The smallest absolute Gasteiger partial charge is 0.148 e. The van der Waals surface area contributed by atoms with Gasteiger partial charge in [0, 0.05) is 11.6 Å². The Morgan fingerprint density at radius 3 is 2.53 bits per heavy atom. The predicted octanol–water partition coefficient (Wildman–Crippen LogP) is 7.07. The average molecular weight is 478 g/mol. The number of halogens is 1. The highest BCUT2D eigenvalue weighted by molar-refractivity contribution is 6.30. The van der Waals surface area contributed by atoms with E-state index in [1.54, 1.807) is 0 Å². The third-order valence-corrected chi connectivity index (χ3v) is 6.26. The highest BCUT2D eigenvalue weighted by Crippen LogP contribution is 2.23. The first kappa shape index (κ1) is 25.8. The molecular formula is C29H36ClN3O. The highest BCUT2D eigenvalue weighted by atomic mass is 35.5. The fourth-order valence-corrected chi connectivity index (χ4v) is 4.18. The van der Waals surface area contributed by atoms with Crippen LogP contribution in [0.2, 0.25) is 5.02 Å². The fourth-order valence-electron chi connectivity index (χ4n) is 4.05. The predicted molar refractivity (Wildman–Crippen MR) is 144 cm³/mol. The van der Waals surface area contributed by atoms with Crippen molar-refractivity contribution < 1.29 is 4.74 Å². The molecule has 0 bridgehead atoms. The minimum Gasteiger partial charge on any atom is -0.486 e. The van der Waals surface area contributed by atoms with Gasteiger partial charge in [0.05, 0.1) is 11.0 Å². The lowest BCUT2D eigenvalue weighted by Gasteiger charge is -2.15. The zero-order valence-electron chi connectivity index (χ0n) is 19.4. The van der Waals surface area contributed by atoms with Gasteiger partial charge < -0.3 is 14.6 Å². The molecule has 1 unspecified atom stereocenters. The van der Waals surface area contributed by atoms with Crippen LogP contribution in [0.4, 0.5) is 0 Å². The number of nitrogens with one attached hydrogen (secondary N) is 1. The van der Waals surface area contributed by atoms with E-state index in [1.807, 2.05) is 24.3 Å². The van der Waals surface area contributed by atoms with Crippen LogP contribution >= 0.6 is 11.6 Å². The topological polar surface area (TPSA) is 39.1 Å². The Bertz CT molecular complexity index is 1160. The summed E-state index contributed by atoms with van der Waals surface area (Å²) in [4.78, 5) is 4.93. The lowest BCUT2D eigenvalue weighted by atomic mass is 10.1. The zero-order valence-corrected chi connectivity index (χ0v) is 20.2. The van der Waals surface area contributed by atoms with Crippen LogP contribution in [0, 0.1) is 12.8 Å². The van der Waals surface area contributed by atoms with Crippen LogP contribution < -0.4 is 10.1 Å². The second-order valence-corrected chi connectivity index (χ2v) is 9.13. The van der Waals surface area contributed by atoms with Gasteiger partial charge >= 0.3 is 0 Å². The number of benzene rings is 3. The van der Waals surface area contributed by atoms with E-state index in [4.69, 9.17) is 21.3 Å². The quantitative estimate of drug-likeness (QED) is 0.235. The molecule has 0 aliphatic heterocycles. The van der Waals surface area contributed by atoms with Crippen molar-refractivity contribution in [2.24, 2.45) is 5.92 Å². The minimum absolute atomic E-state index is 0. The summed E-state index contributed by atoms with van der Waals surface area (Å²) in [6.07, 6.45) is 2.14. The first-order valence-corrected chi connectivity index (χ1v) is 12.1. The van der Waals surface area contributed by atoms with E-state index in [9.17, 15) is 0 Å². The molecule has 0 saturated heterocycles. The maximum atomic E-state index is 6.03. The Balaban J connectivity index is 0.00000324. The molecule has 1 heterocycles. The molecule has 5 heteroatoms. The summed E-state index contributed by atoms with van der Waals surface area (Å²) in [5, 5.41) is 4.32. The Kier molecular flexibility index (Phi) is 9.55. The maximum absolute atomic E-state index is 6.03. The van der Waals surface area contributed by atoms with E-state index in [2.05, 4.69) is 72.3 Å². The molecule has 1 aromatic heterocycles. The standard InChI is InChI=1S/C28H32ClN3O.CH4/c1-21(19-30-17-15-23-8-4-3-5-9-23)16-18-32-26-10-6-7-22(2)28(26)31-27(32)20-33-25-13-11-24(29)12-14-25;/h3-14,21,30H,15-20H2,1-2H3;1H4. The molecule has 34 heavy (non-hydrogen) atoms. The molecule has 0 fully saturated rings. The second kappa shape index (κ2) is 12.6. The molecule has 0 amide bonds. The largest absolute Gasteiger partial charge is 0.486 e. The lowest BCUT2D eigenvalue weighted by Crippen LogP contribution is -2.24. The average Bonchev–Trinajstić information content (AvgIpc) is 3.19. The maximum Gasteiger partial charge on any atom is 0.148 e. The van der Waals surface area contributed by atoms with Gasteiger partial charge in [-0.3, -0.25) is 0 Å². The van der Waals surface area contributed by atoms with Crippen LogP contribution in [0.15, 0.2) is 72.8 Å². The Labute approximate surface area is 208 Å². The van der Waals surface area contributed by atoms with E-state index >= 15 is 0 Å². The molecule has 0 radical (unpaired) electrons. The Morgan fingerprint density at radius 2 is 1.76 bits per heavy atom. The van der Waals surface area contributed by atoms with E-state index in [0.29, 0.717) is 17.5 Å². The van der Waals surface area contributed by atoms with Crippen molar-refractivity contribution in [1.29, 1.82) is 0 Å². The van der Waals surface area contributed by atoms with Gasteiger partial charge in [0.2, 0.25) is 0 Å². The second-order valence-electron chi connectivity index (χ2n) is 8.70. The number of hydrogen-bond acceptors (Lipinski definition) is 3. The van der Waals surface area contributed by atoms with Crippen molar-refractivity contribution in [2.75, 3.05) is 13.1 Å². The Hall–Kier alpha value is -2.82.